The number of benzene rings is 1. The molecule has 1 heterocycles. The van der Waals surface area contributed by atoms with Gasteiger partial charge in [-0.3, -0.25) is 0 Å². The Kier molecular flexibility index (Phi) is 3.38. The summed E-state index contributed by atoms with van der Waals surface area (Å²) in [5.41, 5.74) is 1.83. The molecule has 1 N–H and O–H groups in total. The van der Waals surface area contributed by atoms with Crippen molar-refractivity contribution in [2.24, 2.45) is 0 Å². The maximum atomic E-state index is 13.2. The number of aromatic nitrogens is 3. The molecule has 2 aromatic rings. The van der Waals surface area contributed by atoms with Crippen molar-refractivity contribution in [2.45, 2.75) is 19.9 Å². The molecule has 1 aromatic carbocycles. The molecule has 0 amide bonds. The van der Waals surface area contributed by atoms with Crippen LogP contribution in [0.25, 0.3) is 5.69 Å². The van der Waals surface area contributed by atoms with Crippen LogP contribution in [-0.4, -0.2) is 22.0 Å². The lowest BCUT2D eigenvalue weighted by Gasteiger charge is -2.08. The second-order valence-corrected chi connectivity index (χ2v) is 4.11. The molecule has 0 aliphatic carbocycles. The Bertz CT molecular complexity index is 545. The number of hydrogen-bond donors (Lipinski definition) is 1. The molecule has 18 heavy (non-hydrogen) atoms. The van der Waals surface area contributed by atoms with E-state index in [2.05, 4.69) is 15.6 Å². The minimum atomic E-state index is -0.636. The Hall–Kier alpha value is -1.82. The Balaban J connectivity index is 2.48. The molecular formula is C12H14F2N4. The van der Waals surface area contributed by atoms with E-state index in [1.54, 1.807) is 0 Å². The van der Waals surface area contributed by atoms with Crippen molar-refractivity contribution < 1.29 is 8.78 Å². The summed E-state index contributed by atoms with van der Waals surface area (Å²) < 4.78 is 27.8. The van der Waals surface area contributed by atoms with Gasteiger partial charge in [0.2, 0.25) is 0 Å². The van der Waals surface area contributed by atoms with Crippen molar-refractivity contribution in [3.63, 3.8) is 0 Å². The van der Waals surface area contributed by atoms with Crippen molar-refractivity contribution in [1.29, 1.82) is 0 Å². The lowest BCUT2D eigenvalue weighted by atomic mass is 10.2. The first kappa shape index (κ1) is 12.6. The van der Waals surface area contributed by atoms with Gasteiger partial charge in [-0.05, 0) is 33.0 Å². The maximum Gasteiger partial charge on any atom is 0.128 e. The molecule has 1 atom stereocenters. The van der Waals surface area contributed by atoms with E-state index in [1.807, 2.05) is 20.9 Å². The summed E-state index contributed by atoms with van der Waals surface area (Å²) in [5.74, 6) is -1.27. The minimum Gasteiger partial charge on any atom is -0.312 e. The third-order valence-electron chi connectivity index (χ3n) is 2.87. The number of hydrogen-bond acceptors (Lipinski definition) is 3. The van der Waals surface area contributed by atoms with Crippen LogP contribution in [0.4, 0.5) is 8.78 Å². The molecular weight excluding hydrogens is 238 g/mol. The highest BCUT2D eigenvalue weighted by Gasteiger charge is 2.15. The van der Waals surface area contributed by atoms with E-state index in [9.17, 15) is 8.78 Å². The van der Waals surface area contributed by atoms with Gasteiger partial charge in [0.15, 0.2) is 0 Å². The van der Waals surface area contributed by atoms with Gasteiger partial charge in [-0.2, -0.15) is 0 Å². The average molecular weight is 252 g/mol. The third kappa shape index (κ3) is 2.24. The van der Waals surface area contributed by atoms with Gasteiger partial charge in [-0.15, -0.1) is 5.10 Å². The Morgan fingerprint density at radius 3 is 2.39 bits per heavy atom. The topological polar surface area (TPSA) is 42.7 Å². The van der Waals surface area contributed by atoms with Gasteiger partial charge in [-0.1, -0.05) is 5.21 Å². The molecule has 0 radical (unpaired) electrons. The zero-order chi connectivity index (χ0) is 13.3. The number of rotatable bonds is 3. The van der Waals surface area contributed by atoms with Crippen LogP contribution < -0.4 is 5.32 Å². The van der Waals surface area contributed by atoms with Crippen molar-refractivity contribution in [3.05, 3.63) is 41.2 Å². The van der Waals surface area contributed by atoms with Crippen LogP contribution in [0.15, 0.2) is 18.2 Å². The molecule has 0 aliphatic heterocycles. The summed E-state index contributed by atoms with van der Waals surface area (Å²) >= 11 is 0. The molecule has 0 saturated heterocycles. The van der Waals surface area contributed by atoms with E-state index in [0.29, 0.717) is 5.69 Å². The monoisotopic (exact) mass is 252 g/mol. The van der Waals surface area contributed by atoms with Crippen molar-refractivity contribution in [2.75, 3.05) is 7.05 Å². The van der Waals surface area contributed by atoms with Gasteiger partial charge in [0.1, 0.15) is 17.3 Å². The van der Waals surface area contributed by atoms with Crippen LogP contribution in [-0.2, 0) is 0 Å². The van der Waals surface area contributed by atoms with E-state index in [-0.39, 0.29) is 6.04 Å². The summed E-state index contributed by atoms with van der Waals surface area (Å²) in [5, 5.41) is 11.0. The number of nitrogens with one attached hydrogen (secondary N) is 1. The SMILES string of the molecule is CNC(C)c1nnn(-c2cc(F)cc(F)c2)c1C. The molecule has 0 spiro atoms. The fourth-order valence-corrected chi connectivity index (χ4v) is 1.78. The smallest absolute Gasteiger partial charge is 0.128 e. The predicted molar refractivity (Wildman–Crippen MR) is 63.5 cm³/mol. The third-order valence-corrected chi connectivity index (χ3v) is 2.87. The van der Waals surface area contributed by atoms with E-state index in [1.165, 1.54) is 16.8 Å². The largest absolute Gasteiger partial charge is 0.312 e. The number of nitrogens with zero attached hydrogens (tertiary/aromatic N) is 3. The van der Waals surface area contributed by atoms with E-state index < -0.39 is 11.6 Å². The van der Waals surface area contributed by atoms with Crippen molar-refractivity contribution >= 4 is 0 Å². The fourth-order valence-electron chi connectivity index (χ4n) is 1.78. The van der Waals surface area contributed by atoms with Gasteiger partial charge < -0.3 is 5.32 Å². The standard InChI is InChI=1S/C12H14F2N4/c1-7(15-3)12-8(2)18(17-16-12)11-5-9(13)4-10(14)6-11/h4-7,15H,1-3H3. The van der Waals surface area contributed by atoms with Gasteiger partial charge in [0.25, 0.3) is 0 Å². The second kappa shape index (κ2) is 4.81. The van der Waals surface area contributed by atoms with Crippen molar-refractivity contribution in [3.8, 4) is 5.69 Å². The van der Waals surface area contributed by atoms with E-state index in [4.69, 9.17) is 0 Å². The molecule has 4 nitrogen and oxygen atoms in total. The summed E-state index contributed by atoms with van der Waals surface area (Å²) in [6, 6.07) is 3.29. The van der Waals surface area contributed by atoms with Crippen LogP contribution in [0.3, 0.4) is 0 Å². The molecule has 2 rings (SSSR count). The van der Waals surface area contributed by atoms with Crippen LogP contribution in [0, 0.1) is 18.6 Å². The quantitative estimate of drug-likeness (QED) is 0.910. The first-order chi connectivity index (χ1) is 8.52. The normalized spacial score (nSPS) is 12.7. The van der Waals surface area contributed by atoms with Crippen LogP contribution in [0.1, 0.15) is 24.4 Å². The summed E-state index contributed by atoms with van der Waals surface area (Å²) in [6.07, 6.45) is 0. The zero-order valence-electron chi connectivity index (χ0n) is 10.4. The molecule has 6 heteroatoms. The lowest BCUT2D eigenvalue weighted by Crippen LogP contribution is -2.14. The van der Waals surface area contributed by atoms with Crippen LogP contribution in [0.5, 0.6) is 0 Å². The lowest BCUT2D eigenvalue weighted by molar-refractivity contribution is 0.579. The van der Waals surface area contributed by atoms with Gasteiger partial charge in [0.05, 0.1) is 17.4 Å². The highest BCUT2D eigenvalue weighted by Crippen LogP contribution is 2.18. The predicted octanol–water partition coefficient (Wildman–Crippen LogP) is 2.13. The molecule has 96 valence electrons. The molecule has 0 bridgehead atoms. The Labute approximate surface area is 104 Å². The van der Waals surface area contributed by atoms with Crippen LogP contribution >= 0.6 is 0 Å². The molecule has 1 unspecified atom stereocenters. The Morgan fingerprint density at radius 2 is 1.83 bits per heavy atom. The van der Waals surface area contributed by atoms with E-state index in [0.717, 1.165) is 17.5 Å². The van der Waals surface area contributed by atoms with Gasteiger partial charge >= 0.3 is 0 Å². The van der Waals surface area contributed by atoms with Gasteiger partial charge in [0, 0.05) is 6.07 Å². The highest BCUT2D eigenvalue weighted by atomic mass is 19.1. The molecule has 0 saturated carbocycles. The Morgan fingerprint density at radius 1 is 1.22 bits per heavy atom. The maximum absolute atomic E-state index is 13.2. The average Bonchev–Trinajstić information content (AvgIpc) is 2.69. The number of halogens is 2. The summed E-state index contributed by atoms with van der Waals surface area (Å²) in [7, 11) is 1.81. The summed E-state index contributed by atoms with van der Waals surface area (Å²) in [6.45, 7) is 3.75. The fraction of sp³-hybridized carbons (Fsp3) is 0.333. The molecule has 1 aromatic heterocycles. The molecule has 0 aliphatic rings. The van der Waals surface area contributed by atoms with Crippen molar-refractivity contribution in [1.82, 2.24) is 20.3 Å². The first-order valence-electron chi connectivity index (χ1n) is 5.59. The zero-order valence-corrected chi connectivity index (χ0v) is 10.4. The second-order valence-electron chi connectivity index (χ2n) is 4.11. The van der Waals surface area contributed by atoms with E-state index >= 15 is 0 Å². The molecule has 0 fully saturated rings. The minimum absolute atomic E-state index is 0.0251. The first-order valence-corrected chi connectivity index (χ1v) is 5.59. The van der Waals surface area contributed by atoms with Gasteiger partial charge in [-0.25, -0.2) is 13.5 Å². The highest BCUT2D eigenvalue weighted by molar-refractivity contribution is 5.34. The van der Waals surface area contributed by atoms with Crippen LogP contribution in [0.2, 0.25) is 0 Å². The summed E-state index contributed by atoms with van der Waals surface area (Å²) in [4.78, 5) is 0.